The molecule has 21 heavy (non-hydrogen) atoms. The summed E-state index contributed by atoms with van der Waals surface area (Å²) in [6, 6.07) is 5.65. The molecule has 1 aromatic rings. The van der Waals surface area contributed by atoms with Crippen molar-refractivity contribution in [3.63, 3.8) is 0 Å². The Morgan fingerprint density at radius 2 is 2.05 bits per heavy atom. The Morgan fingerprint density at radius 3 is 2.57 bits per heavy atom. The van der Waals surface area contributed by atoms with Crippen molar-refractivity contribution in [1.82, 2.24) is 10.3 Å². The van der Waals surface area contributed by atoms with E-state index in [9.17, 15) is 9.90 Å². The largest absolute Gasteiger partial charge is 0.392 e. The van der Waals surface area contributed by atoms with Gasteiger partial charge in [0.15, 0.2) is 0 Å². The minimum atomic E-state index is -0.448. The van der Waals surface area contributed by atoms with E-state index in [0.717, 1.165) is 5.03 Å². The highest BCUT2D eigenvalue weighted by atomic mass is 32.2. The van der Waals surface area contributed by atoms with Gasteiger partial charge < -0.3 is 10.4 Å². The Balaban J connectivity index is 2.49. The predicted octanol–water partition coefficient (Wildman–Crippen LogP) is 2.72. The maximum absolute atomic E-state index is 12.1. The first kappa shape index (κ1) is 18.0. The van der Waals surface area contributed by atoms with Crippen LogP contribution in [-0.2, 0) is 4.79 Å². The summed E-state index contributed by atoms with van der Waals surface area (Å²) in [5.74, 6) is 0.131. The topological polar surface area (TPSA) is 62.2 Å². The number of nitrogens with zero attached hydrogens (tertiary/aromatic N) is 1. The van der Waals surface area contributed by atoms with Crippen LogP contribution in [0.15, 0.2) is 29.4 Å². The molecule has 0 spiro atoms. The van der Waals surface area contributed by atoms with Crippen molar-refractivity contribution in [3.8, 4) is 0 Å². The normalized spacial score (nSPS) is 14.8. The first-order valence-electron chi connectivity index (χ1n) is 7.27. The van der Waals surface area contributed by atoms with Gasteiger partial charge >= 0.3 is 0 Å². The lowest BCUT2D eigenvalue weighted by Gasteiger charge is -2.33. The van der Waals surface area contributed by atoms with Crippen LogP contribution in [0.3, 0.4) is 0 Å². The number of hydrogen-bond donors (Lipinski definition) is 2. The van der Waals surface area contributed by atoms with E-state index in [2.05, 4.69) is 10.3 Å². The van der Waals surface area contributed by atoms with Gasteiger partial charge in [0.1, 0.15) is 0 Å². The smallest absolute Gasteiger partial charge is 0.233 e. The Labute approximate surface area is 131 Å². The van der Waals surface area contributed by atoms with Crippen LogP contribution in [0, 0.1) is 11.3 Å². The van der Waals surface area contributed by atoms with Crippen LogP contribution in [0.2, 0.25) is 0 Å². The van der Waals surface area contributed by atoms with Crippen LogP contribution in [0.5, 0.6) is 0 Å². The van der Waals surface area contributed by atoms with Crippen molar-refractivity contribution in [2.24, 2.45) is 11.3 Å². The highest BCUT2D eigenvalue weighted by Crippen LogP contribution is 2.26. The fraction of sp³-hybridized carbons (Fsp3) is 0.625. The summed E-state index contributed by atoms with van der Waals surface area (Å²) in [5.41, 5.74) is -0.348. The van der Waals surface area contributed by atoms with Crippen molar-refractivity contribution in [1.29, 1.82) is 0 Å². The fourth-order valence-electron chi connectivity index (χ4n) is 2.12. The van der Waals surface area contributed by atoms with E-state index < -0.39 is 6.10 Å². The van der Waals surface area contributed by atoms with Crippen molar-refractivity contribution in [2.45, 2.75) is 51.0 Å². The average molecular weight is 310 g/mol. The summed E-state index contributed by atoms with van der Waals surface area (Å²) < 4.78 is 0. The molecule has 0 fully saturated rings. The average Bonchev–Trinajstić information content (AvgIpc) is 2.44. The van der Waals surface area contributed by atoms with E-state index >= 15 is 0 Å². The molecular weight excluding hydrogens is 284 g/mol. The Kier molecular flexibility index (Phi) is 6.68. The zero-order valence-corrected chi connectivity index (χ0v) is 14.3. The van der Waals surface area contributed by atoms with E-state index in [1.807, 2.05) is 52.8 Å². The van der Waals surface area contributed by atoms with Crippen LogP contribution >= 0.6 is 11.8 Å². The molecule has 0 aliphatic carbocycles. The number of amides is 1. The molecule has 2 atom stereocenters. The van der Waals surface area contributed by atoms with Gasteiger partial charge in [-0.2, -0.15) is 0 Å². The zero-order chi connectivity index (χ0) is 16.0. The van der Waals surface area contributed by atoms with Gasteiger partial charge in [-0.05, 0) is 25.0 Å². The lowest BCUT2D eigenvalue weighted by atomic mass is 9.80. The summed E-state index contributed by atoms with van der Waals surface area (Å²) in [5, 5.41) is 13.7. The van der Waals surface area contributed by atoms with Crippen LogP contribution in [0.4, 0.5) is 0 Å². The van der Waals surface area contributed by atoms with Crippen molar-refractivity contribution < 1.29 is 9.90 Å². The molecular formula is C16H26N2O2S. The molecule has 5 heteroatoms. The number of aliphatic hydroxyl groups is 1. The lowest BCUT2D eigenvalue weighted by Crippen LogP contribution is -2.45. The molecule has 0 radical (unpaired) electrons. The molecule has 0 aliphatic rings. The predicted molar refractivity (Wildman–Crippen MR) is 87.2 cm³/mol. The third-order valence-corrected chi connectivity index (χ3v) is 4.51. The number of rotatable bonds is 7. The number of aromatic nitrogens is 1. The summed E-state index contributed by atoms with van der Waals surface area (Å²) in [6.07, 6.45) is 1.27. The molecule has 1 heterocycles. The minimum Gasteiger partial charge on any atom is -0.392 e. The molecule has 2 N–H and O–H groups in total. The monoisotopic (exact) mass is 310 g/mol. The summed E-state index contributed by atoms with van der Waals surface area (Å²) in [6.45, 7) is 10.2. The lowest BCUT2D eigenvalue weighted by molar-refractivity contribution is -0.121. The van der Waals surface area contributed by atoms with Gasteiger partial charge in [-0.3, -0.25) is 4.79 Å². The van der Waals surface area contributed by atoms with E-state index in [4.69, 9.17) is 0 Å². The number of hydrogen-bond acceptors (Lipinski definition) is 4. The molecule has 4 nitrogen and oxygen atoms in total. The van der Waals surface area contributed by atoms with Gasteiger partial charge in [0, 0.05) is 18.2 Å². The van der Waals surface area contributed by atoms with Crippen LogP contribution < -0.4 is 5.32 Å². The molecule has 118 valence electrons. The zero-order valence-electron chi connectivity index (χ0n) is 13.5. The van der Waals surface area contributed by atoms with Crippen molar-refractivity contribution in [2.75, 3.05) is 6.54 Å². The Morgan fingerprint density at radius 1 is 1.38 bits per heavy atom. The number of thioether (sulfide) groups is 1. The summed E-state index contributed by atoms with van der Waals surface area (Å²) in [4.78, 5) is 16.3. The Bertz CT molecular complexity index is 449. The number of aliphatic hydroxyl groups excluding tert-OH is 1. The van der Waals surface area contributed by atoms with Gasteiger partial charge in [-0.1, -0.05) is 45.5 Å². The highest BCUT2D eigenvalue weighted by Gasteiger charge is 2.31. The highest BCUT2D eigenvalue weighted by molar-refractivity contribution is 8.00. The number of pyridine rings is 1. The van der Waals surface area contributed by atoms with Crippen molar-refractivity contribution in [3.05, 3.63) is 24.4 Å². The molecule has 1 amide bonds. The maximum Gasteiger partial charge on any atom is 0.233 e. The van der Waals surface area contributed by atoms with E-state index in [1.54, 1.807) is 6.20 Å². The number of carbonyl (C=O) groups is 1. The molecule has 0 bridgehead atoms. The molecule has 0 saturated heterocycles. The molecule has 0 aliphatic heterocycles. The van der Waals surface area contributed by atoms with Crippen LogP contribution in [-0.4, -0.2) is 33.9 Å². The first-order chi connectivity index (χ1) is 9.74. The standard InChI is InChI=1S/C16H26N2O2S/c1-11(2)14(19)16(4,5)10-18-15(20)12(3)21-13-8-6-7-9-17-13/h6-9,11-12,14,19H,10H2,1-5H3,(H,18,20). The van der Waals surface area contributed by atoms with Gasteiger partial charge in [-0.25, -0.2) is 4.98 Å². The quantitative estimate of drug-likeness (QED) is 0.760. The second kappa shape index (κ2) is 7.80. The van der Waals surface area contributed by atoms with E-state index in [1.165, 1.54) is 11.8 Å². The number of carbonyl (C=O) groups excluding carboxylic acids is 1. The SMILES string of the molecule is CC(Sc1ccccn1)C(=O)NCC(C)(C)C(O)C(C)C. The molecule has 0 aromatic carbocycles. The molecule has 2 unspecified atom stereocenters. The van der Waals surface area contributed by atoms with E-state index in [-0.39, 0.29) is 22.5 Å². The van der Waals surface area contributed by atoms with Gasteiger partial charge in [0.2, 0.25) is 5.91 Å². The minimum absolute atomic E-state index is 0.0327. The summed E-state index contributed by atoms with van der Waals surface area (Å²) in [7, 11) is 0. The van der Waals surface area contributed by atoms with Crippen LogP contribution in [0.25, 0.3) is 0 Å². The Hall–Kier alpha value is -1.07. The van der Waals surface area contributed by atoms with Gasteiger partial charge in [-0.15, -0.1) is 0 Å². The third-order valence-electron chi connectivity index (χ3n) is 3.45. The van der Waals surface area contributed by atoms with Crippen molar-refractivity contribution >= 4 is 17.7 Å². The van der Waals surface area contributed by atoms with E-state index in [0.29, 0.717) is 6.54 Å². The van der Waals surface area contributed by atoms with Gasteiger partial charge in [0.25, 0.3) is 0 Å². The third kappa shape index (κ3) is 5.67. The molecule has 1 aromatic heterocycles. The maximum atomic E-state index is 12.1. The van der Waals surface area contributed by atoms with Crippen LogP contribution in [0.1, 0.15) is 34.6 Å². The second-order valence-electron chi connectivity index (χ2n) is 6.32. The second-order valence-corrected chi connectivity index (χ2v) is 7.68. The molecule has 0 saturated carbocycles. The molecule has 1 rings (SSSR count). The summed E-state index contributed by atoms with van der Waals surface area (Å²) >= 11 is 1.43. The fourth-order valence-corrected chi connectivity index (χ4v) is 2.95. The number of nitrogens with one attached hydrogen (secondary N) is 1. The first-order valence-corrected chi connectivity index (χ1v) is 8.15. The van der Waals surface area contributed by atoms with Gasteiger partial charge in [0.05, 0.1) is 16.4 Å².